The van der Waals surface area contributed by atoms with Gasteiger partial charge < -0.3 is 0 Å². The minimum Gasteiger partial charge on any atom is -0.293 e. The molecule has 0 saturated heterocycles. The Labute approximate surface area is 188 Å². The Morgan fingerprint density at radius 3 is 2.42 bits per heavy atom. The molecular weight excluding hydrogens is 384 g/mol. The molecule has 0 aliphatic heterocycles. The lowest BCUT2D eigenvalue weighted by Gasteiger charge is -2.15. The van der Waals surface area contributed by atoms with Gasteiger partial charge in [-0.3, -0.25) is 4.89 Å². The van der Waals surface area contributed by atoms with Crippen LogP contribution in [-0.4, -0.2) is 12.6 Å². The van der Waals surface area contributed by atoms with Crippen molar-refractivity contribution in [2.45, 2.75) is 71.6 Å². The van der Waals surface area contributed by atoms with Crippen molar-refractivity contribution < 1.29 is 14.6 Å². The molecule has 0 N–H and O–H groups in total. The van der Waals surface area contributed by atoms with E-state index in [1.807, 2.05) is 42.5 Å². The van der Waals surface area contributed by atoms with Crippen LogP contribution in [0.4, 0.5) is 0 Å². The summed E-state index contributed by atoms with van der Waals surface area (Å²) in [5, 5.41) is 0. The van der Waals surface area contributed by atoms with Crippen molar-refractivity contribution in [2.75, 3.05) is 6.61 Å². The van der Waals surface area contributed by atoms with Crippen molar-refractivity contribution >= 4 is 5.97 Å². The van der Waals surface area contributed by atoms with Gasteiger partial charge in [0.2, 0.25) is 0 Å². The summed E-state index contributed by atoms with van der Waals surface area (Å²) in [6.45, 7) is 8.62. The summed E-state index contributed by atoms with van der Waals surface area (Å²) in [5.41, 5.74) is 4.06. The lowest BCUT2D eigenvalue weighted by molar-refractivity contribution is -0.241. The van der Waals surface area contributed by atoms with Gasteiger partial charge in [0.25, 0.3) is 0 Å². The minimum absolute atomic E-state index is 0.422. The molecule has 0 aromatic heterocycles. The molecule has 31 heavy (non-hydrogen) atoms. The highest BCUT2D eigenvalue weighted by Gasteiger charge is 2.14. The van der Waals surface area contributed by atoms with E-state index in [0.717, 1.165) is 32.1 Å². The molecule has 0 heterocycles. The van der Waals surface area contributed by atoms with Gasteiger partial charge in [-0.1, -0.05) is 88.4 Å². The zero-order valence-corrected chi connectivity index (χ0v) is 19.3. The summed E-state index contributed by atoms with van der Waals surface area (Å²) >= 11 is 0. The highest BCUT2D eigenvalue weighted by molar-refractivity contribution is 5.90. The molecule has 0 aliphatic carbocycles. The number of allylic oxidation sites excluding steroid dienone is 1. The average Bonchev–Trinajstić information content (AvgIpc) is 2.80. The number of rotatable bonds is 15. The summed E-state index contributed by atoms with van der Waals surface area (Å²) in [7, 11) is 0. The van der Waals surface area contributed by atoms with Crippen molar-refractivity contribution in [1.82, 2.24) is 0 Å². The monoisotopic (exact) mass is 422 g/mol. The minimum atomic E-state index is -0.422. The van der Waals surface area contributed by atoms with Crippen LogP contribution in [0, 0.1) is 5.92 Å². The van der Waals surface area contributed by atoms with Crippen LogP contribution in [0.5, 0.6) is 0 Å². The number of carbonyl (C=O) groups excluding carboxylic acids is 1. The Hall–Kier alpha value is -2.39. The van der Waals surface area contributed by atoms with Crippen LogP contribution < -0.4 is 0 Å². The van der Waals surface area contributed by atoms with Gasteiger partial charge in [0.1, 0.15) is 0 Å². The normalized spacial score (nSPS) is 11.8. The number of unbranched alkanes of at least 4 members (excludes halogenated alkanes) is 6. The fourth-order valence-electron chi connectivity index (χ4n) is 3.61. The quantitative estimate of drug-likeness (QED) is 0.126. The van der Waals surface area contributed by atoms with E-state index in [9.17, 15) is 4.79 Å². The molecular formula is C28H38O3. The number of hydrogen-bond acceptors (Lipinski definition) is 3. The summed E-state index contributed by atoms with van der Waals surface area (Å²) < 4.78 is 0. The summed E-state index contributed by atoms with van der Waals surface area (Å²) in [6, 6.07) is 16.1. The lowest BCUT2D eigenvalue weighted by atomic mass is 9.90. The van der Waals surface area contributed by atoms with Crippen molar-refractivity contribution in [3.63, 3.8) is 0 Å². The van der Waals surface area contributed by atoms with E-state index in [1.165, 1.54) is 42.4 Å². The Kier molecular flexibility index (Phi) is 11.7. The smallest absolute Gasteiger partial charge is 0.293 e. The third-order valence-electron chi connectivity index (χ3n) is 5.71. The first-order chi connectivity index (χ1) is 15.2. The molecule has 2 rings (SSSR count). The van der Waals surface area contributed by atoms with Crippen LogP contribution in [0.1, 0.15) is 81.1 Å². The Bertz CT molecular complexity index is 782. The third kappa shape index (κ3) is 9.10. The van der Waals surface area contributed by atoms with Crippen LogP contribution >= 0.6 is 0 Å². The Morgan fingerprint density at radius 2 is 1.71 bits per heavy atom. The topological polar surface area (TPSA) is 35.5 Å². The molecule has 2 aromatic carbocycles. The number of benzene rings is 2. The van der Waals surface area contributed by atoms with Gasteiger partial charge in [-0.15, -0.1) is 6.58 Å². The first-order valence-corrected chi connectivity index (χ1v) is 11.8. The van der Waals surface area contributed by atoms with E-state index in [0.29, 0.717) is 18.1 Å². The van der Waals surface area contributed by atoms with Crippen molar-refractivity contribution in [2.24, 2.45) is 5.92 Å². The van der Waals surface area contributed by atoms with Crippen LogP contribution in [0.25, 0.3) is 11.1 Å². The van der Waals surface area contributed by atoms with E-state index < -0.39 is 5.97 Å². The standard InChI is InChI=1S/C28H38O3/c1-4-6-7-8-9-10-11-15-20-30-31-28(29)25-18-19-27(24-16-13-12-14-17-24)26(22-25)21-23(3)5-2/h4,12-14,16-19,22-23H,1,5-11,15,20-21H2,2-3H3. The Morgan fingerprint density at radius 1 is 1.00 bits per heavy atom. The van der Waals surface area contributed by atoms with Gasteiger partial charge in [-0.25, -0.2) is 4.79 Å². The highest BCUT2D eigenvalue weighted by Crippen LogP contribution is 2.28. The fraction of sp³-hybridized carbons (Fsp3) is 0.464. The van der Waals surface area contributed by atoms with Gasteiger partial charge in [0.05, 0.1) is 12.2 Å². The summed E-state index contributed by atoms with van der Waals surface area (Å²) in [4.78, 5) is 22.7. The van der Waals surface area contributed by atoms with Crippen molar-refractivity contribution in [1.29, 1.82) is 0 Å². The van der Waals surface area contributed by atoms with Crippen LogP contribution in [0.2, 0.25) is 0 Å². The van der Waals surface area contributed by atoms with Gasteiger partial charge in [0, 0.05) is 0 Å². The van der Waals surface area contributed by atoms with E-state index >= 15 is 0 Å². The maximum Gasteiger partial charge on any atom is 0.373 e. The van der Waals surface area contributed by atoms with Gasteiger partial charge in [0.15, 0.2) is 0 Å². The molecule has 1 atom stereocenters. The second kappa shape index (κ2) is 14.6. The predicted molar refractivity (Wildman–Crippen MR) is 129 cm³/mol. The maximum absolute atomic E-state index is 12.5. The van der Waals surface area contributed by atoms with Gasteiger partial charge in [-0.2, -0.15) is 4.89 Å². The molecule has 0 spiro atoms. The molecule has 0 saturated carbocycles. The SMILES string of the molecule is C=CCCCCCCCCOOC(=O)c1ccc(-c2ccccc2)c(CC(C)CC)c1. The highest BCUT2D eigenvalue weighted by atomic mass is 17.2. The molecule has 0 aliphatic rings. The molecule has 0 amide bonds. The van der Waals surface area contributed by atoms with Crippen molar-refractivity contribution in [3.8, 4) is 11.1 Å². The molecule has 168 valence electrons. The second-order valence-electron chi connectivity index (χ2n) is 8.35. The molecule has 0 bridgehead atoms. The maximum atomic E-state index is 12.5. The van der Waals surface area contributed by atoms with Gasteiger partial charge in [-0.05, 0) is 60.4 Å². The third-order valence-corrected chi connectivity index (χ3v) is 5.71. The fourth-order valence-corrected chi connectivity index (χ4v) is 3.61. The van der Waals surface area contributed by atoms with Crippen LogP contribution in [0.3, 0.4) is 0 Å². The first-order valence-electron chi connectivity index (χ1n) is 11.8. The molecule has 2 aromatic rings. The lowest BCUT2D eigenvalue weighted by Crippen LogP contribution is -2.09. The van der Waals surface area contributed by atoms with E-state index in [-0.39, 0.29) is 0 Å². The summed E-state index contributed by atoms with van der Waals surface area (Å²) in [6.07, 6.45) is 12.0. The van der Waals surface area contributed by atoms with E-state index in [1.54, 1.807) is 0 Å². The molecule has 0 fully saturated rings. The van der Waals surface area contributed by atoms with E-state index in [2.05, 4.69) is 32.6 Å². The van der Waals surface area contributed by atoms with Crippen LogP contribution in [-0.2, 0) is 16.2 Å². The van der Waals surface area contributed by atoms with E-state index in [4.69, 9.17) is 9.78 Å². The molecule has 1 unspecified atom stereocenters. The zero-order chi connectivity index (χ0) is 22.3. The predicted octanol–water partition coefficient (Wildman–Crippen LogP) is 7.95. The second-order valence-corrected chi connectivity index (χ2v) is 8.35. The zero-order valence-electron chi connectivity index (χ0n) is 19.3. The largest absolute Gasteiger partial charge is 0.373 e. The molecule has 0 radical (unpaired) electrons. The molecule has 3 heteroatoms. The van der Waals surface area contributed by atoms with Crippen LogP contribution in [0.15, 0.2) is 61.2 Å². The number of hydrogen-bond donors (Lipinski definition) is 0. The first kappa shape index (κ1) is 24.9. The average molecular weight is 423 g/mol. The number of carbonyl (C=O) groups is 1. The summed E-state index contributed by atoms with van der Waals surface area (Å²) in [5.74, 6) is 0.121. The van der Waals surface area contributed by atoms with Crippen molar-refractivity contribution in [3.05, 3.63) is 72.3 Å². The van der Waals surface area contributed by atoms with Gasteiger partial charge >= 0.3 is 5.97 Å². The Balaban J connectivity index is 1.85. The molecule has 3 nitrogen and oxygen atoms in total.